The van der Waals surface area contributed by atoms with Crippen LogP contribution in [0, 0.1) is 6.92 Å². The molecule has 0 aliphatic rings. The largest absolute Gasteiger partial charge is 0.350 e. The number of hydrogen-bond acceptors (Lipinski definition) is 6. The molecule has 0 saturated carbocycles. The quantitative estimate of drug-likeness (QED) is 0.552. The summed E-state index contributed by atoms with van der Waals surface area (Å²) in [6.07, 6.45) is 3.57. The lowest BCUT2D eigenvalue weighted by Gasteiger charge is -2.11. The van der Waals surface area contributed by atoms with Gasteiger partial charge in [-0.05, 0) is 49.2 Å². The maximum atomic E-state index is 4.62. The van der Waals surface area contributed by atoms with Gasteiger partial charge in [0.2, 0.25) is 5.95 Å². The summed E-state index contributed by atoms with van der Waals surface area (Å²) in [5.41, 5.74) is 5.43. The third-order valence-electron chi connectivity index (χ3n) is 4.47. The summed E-state index contributed by atoms with van der Waals surface area (Å²) in [5.74, 6) is 0.746. The number of aryl methyl sites for hydroxylation is 1. The van der Waals surface area contributed by atoms with E-state index in [0.29, 0.717) is 0 Å². The van der Waals surface area contributed by atoms with Gasteiger partial charge in [0.1, 0.15) is 6.33 Å². The van der Waals surface area contributed by atoms with Crippen LogP contribution in [0.25, 0.3) is 16.8 Å². The number of hydrogen-bond donors (Lipinski definition) is 1. The average molecular weight is 379 g/mol. The Kier molecular flexibility index (Phi) is 4.87. The molecular formula is C20H22N6S. The lowest BCUT2D eigenvalue weighted by Crippen LogP contribution is -2.10. The summed E-state index contributed by atoms with van der Waals surface area (Å²) in [6.45, 7) is 3.78. The van der Waals surface area contributed by atoms with Crippen molar-refractivity contribution >= 4 is 22.9 Å². The molecule has 0 bridgehead atoms. The molecule has 6 nitrogen and oxygen atoms in total. The molecule has 0 atom stereocenters. The van der Waals surface area contributed by atoms with Gasteiger partial charge >= 0.3 is 0 Å². The number of rotatable bonds is 6. The third kappa shape index (κ3) is 3.70. The Morgan fingerprint density at radius 3 is 2.67 bits per heavy atom. The van der Waals surface area contributed by atoms with E-state index in [2.05, 4.69) is 82.1 Å². The summed E-state index contributed by atoms with van der Waals surface area (Å²) in [5, 5.41) is 13.9. The minimum Gasteiger partial charge on any atom is -0.350 e. The summed E-state index contributed by atoms with van der Waals surface area (Å²) in [4.78, 5) is 8.08. The van der Waals surface area contributed by atoms with E-state index in [9.17, 15) is 0 Å². The number of aromatic nitrogens is 4. The molecule has 0 fully saturated rings. The van der Waals surface area contributed by atoms with Crippen LogP contribution in [0.5, 0.6) is 0 Å². The van der Waals surface area contributed by atoms with Crippen LogP contribution in [0.2, 0.25) is 0 Å². The van der Waals surface area contributed by atoms with Crippen molar-refractivity contribution in [2.45, 2.75) is 20.0 Å². The van der Waals surface area contributed by atoms with Gasteiger partial charge < -0.3 is 10.2 Å². The molecule has 0 saturated heterocycles. The van der Waals surface area contributed by atoms with Crippen molar-refractivity contribution in [3.8, 4) is 11.1 Å². The molecule has 0 unspecified atom stereocenters. The molecular weight excluding hydrogens is 356 g/mol. The fourth-order valence-electron chi connectivity index (χ4n) is 3.05. The van der Waals surface area contributed by atoms with Crippen molar-refractivity contribution in [2.75, 3.05) is 19.4 Å². The van der Waals surface area contributed by atoms with Gasteiger partial charge in [-0.25, -0.2) is 4.98 Å². The zero-order valence-electron chi connectivity index (χ0n) is 15.7. The Labute approximate surface area is 162 Å². The first-order chi connectivity index (χ1) is 13.1. The van der Waals surface area contributed by atoms with Gasteiger partial charge in [-0.3, -0.25) is 4.40 Å². The molecule has 138 valence electrons. The minimum atomic E-state index is 0.738. The highest BCUT2D eigenvalue weighted by atomic mass is 32.1. The molecule has 0 aliphatic carbocycles. The number of anilines is 1. The Balaban J connectivity index is 1.62. The average Bonchev–Trinajstić information content (AvgIpc) is 3.29. The highest BCUT2D eigenvalue weighted by molar-refractivity contribution is 7.10. The van der Waals surface area contributed by atoms with E-state index in [1.54, 1.807) is 17.7 Å². The molecule has 27 heavy (non-hydrogen) atoms. The molecule has 3 aromatic heterocycles. The maximum Gasteiger partial charge on any atom is 0.210 e. The van der Waals surface area contributed by atoms with Crippen LogP contribution < -0.4 is 5.32 Å². The number of nitrogens with zero attached hydrogens (tertiary/aromatic N) is 5. The smallest absolute Gasteiger partial charge is 0.210 e. The van der Waals surface area contributed by atoms with Crippen LogP contribution >= 0.6 is 11.3 Å². The standard InChI is InChI=1S/C20H22N6S/c1-14-8-9-27-18(14)11-22-20-21-10-17(19-24-23-13-26(19)20)16-6-4-15(5-7-16)12-25(2)3/h4-10,13H,11-12H2,1-3H3,(H,21,22). The van der Waals surface area contributed by atoms with Gasteiger partial charge in [-0.15, -0.1) is 21.5 Å². The molecule has 0 spiro atoms. The first-order valence-electron chi connectivity index (χ1n) is 8.81. The molecule has 1 aromatic carbocycles. The van der Waals surface area contributed by atoms with E-state index in [4.69, 9.17) is 0 Å². The first-order valence-corrected chi connectivity index (χ1v) is 9.69. The summed E-state index contributed by atoms with van der Waals surface area (Å²) < 4.78 is 1.91. The van der Waals surface area contributed by atoms with Crippen LogP contribution in [-0.2, 0) is 13.1 Å². The normalized spacial score (nSPS) is 11.4. The maximum absolute atomic E-state index is 4.62. The molecule has 0 amide bonds. The van der Waals surface area contributed by atoms with E-state index >= 15 is 0 Å². The lowest BCUT2D eigenvalue weighted by atomic mass is 10.1. The summed E-state index contributed by atoms with van der Waals surface area (Å²) in [6, 6.07) is 10.7. The van der Waals surface area contributed by atoms with Gasteiger partial charge in [0.25, 0.3) is 0 Å². The van der Waals surface area contributed by atoms with Crippen molar-refractivity contribution in [1.29, 1.82) is 0 Å². The molecule has 0 radical (unpaired) electrons. The number of thiophene rings is 1. The van der Waals surface area contributed by atoms with Gasteiger partial charge in [-0.1, -0.05) is 24.3 Å². The zero-order valence-corrected chi connectivity index (χ0v) is 16.5. The second kappa shape index (κ2) is 7.46. The van der Waals surface area contributed by atoms with Crippen LogP contribution in [0.4, 0.5) is 5.95 Å². The number of fused-ring (bicyclic) bond motifs is 1. The van der Waals surface area contributed by atoms with E-state index < -0.39 is 0 Å². The second-order valence-electron chi connectivity index (χ2n) is 6.84. The van der Waals surface area contributed by atoms with Crippen LogP contribution in [-0.4, -0.2) is 38.6 Å². The Bertz CT molecular complexity index is 1050. The molecule has 7 heteroatoms. The SMILES string of the molecule is Cc1ccsc1CNc1ncc(-c2ccc(CN(C)C)cc2)c2nncn12. The topological polar surface area (TPSA) is 58.4 Å². The molecule has 0 aliphatic heterocycles. The van der Waals surface area contributed by atoms with Crippen molar-refractivity contribution < 1.29 is 0 Å². The third-order valence-corrected chi connectivity index (χ3v) is 5.49. The van der Waals surface area contributed by atoms with Crippen LogP contribution in [0.3, 0.4) is 0 Å². The summed E-state index contributed by atoms with van der Waals surface area (Å²) in [7, 11) is 4.14. The number of benzene rings is 1. The summed E-state index contributed by atoms with van der Waals surface area (Å²) >= 11 is 1.75. The van der Waals surface area contributed by atoms with Crippen molar-refractivity contribution in [3.05, 3.63) is 64.2 Å². The van der Waals surface area contributed by atoms with Crippen molar-refractivity contribution in [3.63, 3.8) is 0 Å². The molecule has 4 rings (SSSR count). The fraction of sp³-hybridized carbons (Fsp3) is 0.250. The zero-order chi connectivity index (χ0) is 18.8. The minimum absolute atomic E-state index is 0.738. The highest BCUT2D eigenvalue weighted by Gasteiger charge is 2.12. The van der Waals surface area contributed by atoms with Crippen molar-refractivity contribution in [2.24, 2.45) is 0 Å². The molecule has 1 N–H and O–H groups in total. The second-order valence-corrected chi connectivity index (χ2v) is 7.84. The number of nitrogens with one attached hydrogen (secondary N) is 1. The fourth-order valence-corrected chi connectivity index (χ4v) is 3.90. The van der Waals surface area contributed by atoms with Gasteiger partial charge in [-0.2, -0.15) is 0 Å². The van der Waals surface area contributed by atoms with Gasteiger partial charge in [0, 0.05) is 23.2 Å². The van der Waals surface area contributed by atoms with Crippen LogP contribution in [0.1, 0.15) is 16.0 Å². The highest BCUT2D eigenvalue weighted by Crippen LogP contribution is 2.25. The predicted molar refractivity (Wildman–Crippen MR) is 110 cm³/mol. The Morgan fingerprint density at radius 2 is 1.96 bits per heavy atom. The Hall–Kier alpha value is -2.77. The van der Waals surface area contributed by atoms with Crippen molar-refractivity contribution in [1.82, 2.24) is 24.5 Å². The van der Waals surface area contributed by atoms with Crippen LogP contribution in [0.15, 0.2) is 48.2 Å². The van der Waals surface area contributed by atoms with Gasteiger partial charge in [0.15, 0.2) is 5.65 Å². The van der Waals surface area contributed by atoms with E-state index in [-0.39, 0.29) is 0 Å². The van der Waals surface area contributed by atoms with E-state index in [1.807, 2.05) is 10.6 Å². The lowest BCUT2D eigenvalue weighted by molar-refractivity contribution is 0.402. The predicted octanol–water partition coefficient (Wildman–Crippen LogP) is 3.83. The molecule has 4 aromatic rings. The van der Waals surface area contributed by atoms with Gasteiger partial charge in [0.05, 0.1) is 6.54 Å². The molecule has 3 heterocycles. The Morgan fingerprint density at radius 1 is 1.15 bits per heavy atom. The van der Waals surface area contributed by atoms with E-state index in [1.165, 1.54) is 16.0 Å². The van der Waals surface area contributed by atoms with E-state index in [0.717, 1.165) is 35.8 Å². The first kappa shape index (κ1) is 17.6. The monoisotopic (exact) mass is 378 g/mol.